The van der Waals surface area contributed by atoms with Crippen molar-refractivity contribution in [3.63, 3.8) is 0 Å². The molecule has 0 saturated carbocycles. The second-order valence-electron chi connectivity index (χ2n) is 7.32. The normalized spacial score (nSPS) is 24.0. The van der Waals surface area contributed by atoms with Gasteiger partial charge in [0.1, 0.15) is 4.21 Å². The molecule has 2 atom stereocenters. The molecule has 0 N–H and O–H groups in total. The Morgan fingerprint density at radius 1 is 1.22 bits per heavy atom. The minimum Gasteiger partial charge on any atom is -0.335 e. The Morgan fingerprint density at radius 2 is 2.04 bits per heavy atom. The van der Waals surface area contributed by atoms with Crippen LogP contribution in [0.15, 0.2) is 27.8 Å². The van der Waals surface area contributed by atoms with Gasteiger partial charge in [0.25, 0.3) is 10.0 Å². The number of carbonyl (C=O) groups is 1. The lowest BCUT2D eigenvalue weighted by atomic mass is 9.94. The lowest BCUT2D eigenvalue weighted by Gasteiger charge is -2.38. The first-order valence-corrected chi connectivity index (χ1v) is 12.4. The zero-order valence-electron chi connectivity index (χ0n) is 15.6. The highest BCUT2D eigenvalue weighted by Gasteiger charge is 2.38. The molecule has 8 heteroatoms. The fraction of sp³-hybridized carbons (Fsp3) is 0.526. The van der Waals surface area contributed by atoms with Crippen LogP contribution in [0.2, 0.25) is 0 Å². The third-order valence-corrected chi connectivity index (χ3v) is 9.93. The first-order chi connectivity index (χ1) is 12.9. The molecule has 0 aliphatic carbocycles. The minimum atomic E-state index is -3.51. The van der Waals surface area contributed by atoms with Crippen molar-refractivity contribution < 1.29 is 13.2 Å². The molecule has 5 nitrogen and oxygen atoms in total. The van der Waals surface area contributed by atoms with Crippen LogP contribution in [0.4, 0.5) is 0 Å². The lowest BCUT2D eigenvalue weighted by Crippen LogP contribution is -2.48. The summed E-state index contributed by atoms with van der Waals surface area (Å²) in [6.45, 7) is 5.49. The van der Waals surface area contributed by atoms with Gasteiger partial charge in [-0.15, -0.1) is 22.7 Å². The Hall–Kier alpha value is -1.22. The topological polar surface area (TPSA) is 57.7 Å². The molecular formula is C19H24N2O3S3. The number of aryl methyl sites for hydroxylation is 1. The zero-order chi connectivity index (χ0) is 19.2. The zero-order valence-corrected chi connectivity index (χ0v) is 18.0. The van der Waals surface area contributed by atoms with E-state index < -0.39 is 10.0 Å². The largest absolute Gasteiger partial charge is 0.335 e. The van der Waals surface area contributed by atoms with Crippen molar-refractivity contribution in [3.8, 4) is 0 Å². The van der Waals surface area contributed by atoms with Gasteiger partial charge in [0.15, 0.2) is 0 Å². The van der Waals surface area contributed by atoms with Gasteiger partial charge >= 0.3 is 0 Å². The fourth-order valence-electron chi connectivity index (χ4n) is 4.09. The van der Waals surface area contributed by atoms with Gasteiger partial charge in [0, 0.05) is 29.4 Å². The fourth-order valence-corrected chi connectivity index (χ4v) is 8.01. The molecule has 2 aliphatic rings. The molecule has 146 valence electrons. The number of carbonyl (C=O) groups excluding carboxylic acids is 1. The number of thiophene rings is 2. The number of fused-ring (bicyclic) bond motifs is 1. The number of hydrogen-bond donors (Lipinski definition) is 0. The number of hydrogen-bond acceptors (Lipinski definition) is 5. The maximum Gasteiger partial charge on any atom is 0.252 e. The highest BCUT2D eigenvalue weighted by Crippen LogP contribution is 2.35. The average molecular weight is 425 g/mol. The molecule has 0 unspecified atom stereocenters. The third-order valence-electron chi connectivity index (χ3n) is 5.60. The molecule has 0 radical (unpaired) electrons. The number of nitrogens with zero attached hydrogens (tertiary/aromatic N) is 2. The molecule has 27 heavy (non-hydrogen) atoms. The van der Waals surface area contributed by atoms with Gasteiger partial charge in [0.05, 0.1) is 12.0 Å². The van der Waals surface area contributed by atoms with E-state index in [0.717, 1.165) is 30.7 Å². The molecule has 4 rings (SSSR count). The van der Waals surface area contributed by atoms with E-state index in [1.807, 2.05) is 17.9 Å². The molecule has 1 saturated heterocycles. The maximum atomic E-state index is 13.2. The second-order valence-corrected chi connectivity index (χ2v) is 11.8. The summed E-state index contributed by atoms with van der Waals surface area (Å²) in [7, 11) is -3.51. The van der Waals surface area contributed by atoms with Crippen LogP contribution < -0.4 is 0 Å². The highest BCUT2D eigenvalue weighted by atomic mass is 32.2. The predicted octanol–water partition coefficient (Wildman–Crippen LogP) is 3.66. The van der Waals surface area contributed by atoms with Crippen molar-refractivity contribution >= 4 is 38.6 Å². The number of rotatable bonds is 3. The Bertz CT molecular complexity index is 947. The SMILES string of the molecule is Cc1ccc(S(=O)(=O)N2CCC[C@H](C(=O)N3CCc4sccc4[C@@H]3C)C2)s1. The van der Waals surface area contributed by atoms with Crippen molar-refractivity contribution in [2.75, 3.05) is 19.6 Å². The van der Waals surface area contributed by atoms with E-state index in [1.54, 1.807) is 17.4 Å². The highest BCUT2D eigenvalue weighted by molar-refractivity contribution is 7.91. The number of amides is 1. The number of sulfonamides is 1. The Balaban J connectivity index is 1.51. The summed E-state index contributed by atoms with van der Waals surface area (Å²) in [5.74, 6) is -0.154. The summed E-state index contributed by atoms with van der Waals surface area (Å²) in [6, 6.07) is 5.68. The van der Waals surface area contributed by atoms with E-state index in [0.29, 0.717) is 10.8 Å². The average Bonchev–Trinajstić information content (AvgIpc) is 3.31. The monoisotopic (exact) mass is 424 g/mol. The van der Waals surface area contributed by atoms with Gasteiger partial charge in [-0.2, -0.15) is 4.31 Å². The summed E-state index contributed by atoms with van der Waals surface area (Å²) >= 11 is 3.05. The van der Waals surface area contributed by atoms with E-state index in [4.69, 9.17) is 0 Å². The minimum absolute atomic E-state index is 0.0689. The van der Waals surface area contributed by atoms with Gasteiger partial charge < -0.3 is 4.90 Å². The summed E-state index contributed by atoms with van der Waals surface area (Å²) in [6.07, 6.45) is 2.38. The van der Waals surface area contributed by atoms with Crippen molar-refractivity contribution in [2.24, 2.45) is 5.92 Å². The molecule has 0 spiro atoms. The van der Waals surface area contributed by atoms with Crippen molar-refractivity contribution in [1.29, 1.82) is 0 Å². The van der Waals surface area contributed by atoms with Crippen molar-refractivity contribution in [2.45, 2.75) is 43.4 Å². The van der Waals surface area contributed by atoms with E-state index in [2.05, 4.69) is 18.4 Å². The van der Waals surface area contributed by atoms with Gasteiger partial charge in [0.2, 0.25) is 5.91 Å². The van der Waals surface area contributed by atoms with Gasteiger partial charge in [-0.3, -0.25) is 4.79 Å². The van der Waals surface area contributed by atoms with Gasteiger partial charge in [-0.05, 0) is 62.3 Å². The van der Waals surface area contributed by atoms with Crippen LogP contribution in [0, 0.1) is 12.8 Å². The predicted molar refractivity (Wildman–Crippen MR) is 109 cm³/mol. The van der Waals surface area contributed by atoms with E-state index in [-0.39, 0.29) is 24.4 Å². The van der Waals surface area contributed by atoms with Crippen LogP contribution in [-0.2, 0) is 21.2 Å². The maximum absolute atomic E-state index is 13.2. The lowest BCUT2D eigenvalue weighted by molar-refractivity contribution is -0.139. The Labute approximate surface area is 168 Å². The molecule has 1 fully saturated rings. The molecule has 0 bridgehead atoms. The molecule has 2 aromatic rings. The summed E-state index contributed by atoms with van der Waals surface area (Å²) in [5, 5.41) is 2.09. The van der Waals surface area contributed by atoms with Crippen LogP contribution in [0.5, 0.6) is 0 Å². The van der Waals surface area contributed by atoms with Crippen LogP contribution in [0.3, 0.4) is 0 Å². The van der Waals surface area contributed by atoms with Crippen molar-refractivity contribution in [3.05, 3.63) is 38.9 Å². The van der Waals surface area contributed by atoms with E-state index in [9.17, 15) is 13.2 Å². The first kappa shape index (κ1) is 19.1. The molecule has 1 amide bonds. The quantitative estimate of drug-likeness (QED) is 0.755. The molecule has 2 aliphatic heterocycles. The smallest absolute Gasteiger partial charge is 0.252 e. The van der Waals surface area contributed by atoms with Crippen LogP contribution in [-0.4, -0.2) is 43.2 Å². The van der Waals surface area contributed by atoms with Crippen LogP contribution in [0.25, 0.3) is 0 Å². The third kappa shape index (κ3) is 3.48. The molecule has 2 aromatic heterocycles. The van der Waals surface area contributed by atoms with E-state index >= 15 is 0 Å². The van der Waals surface area contributed by atoms with Crippen LogP contribution >= 0.6 is 22.7 Å². The summed E-state index contributed by atoms with van der Waals surface area (Å²) < 4.78 is 27.8. The van der Waals surface area contributed by atoms with Gasteiger partial charge in [-0.1, -0.05) is 0 Å². The summed E-state index contributed by atoms with van der Waals surface area (Å²) in [5.41, 5.74) is 1.24. The first-order valence-electron chi connectivity index (χ1n) is 9.31. The molecule has 0 aromatic carbocycles. The van der Waals surface area contributed by atoms with Crippen LogP contribution in [0.1, 0.15) is 41.1 Å². The number of piperidine rings is 1. The summed E-state index contributed by atoms with van der Waals surface area (Å²) in [4.78, 5) is 17.5. The molecule has 4 heterocycles. The second kappa shape index (κ2) is 7.31. The van der Waals surface area contributed by atoms with Gasteiger partial charge in [-0.25, -0.2) is 8.42 Å². The molecular weight excluding hydrogens is 400 g/mol. The van der Waals surface area contributed by atoms with E-state index in [1.165, 1.54) is 26.1 Å². The van der Waals surface area contributed by atoms with Crippen molar-refractivity contribution in [1.82, 2.24) is 9.21 Å². The standard InChI is InChI=1S/C19H24N2O3S3/c1-13-5-6-18(26-13)27(23,24)20-9-3-4-15(12-20)19(22)21-10-7-17-16(14(21)2)8-11-25-17/h5-6,8,11,14-15H,3-4,7,9-10,12H2,1-2H3/t14-,15-/m0/s1. The Morgan fingerprint density at radius 3 is 2.78 bits per heavy atom. The Kier molecular flexibility index (Phi) is 5.18.